The van der Waals surface area contributed by atoms with Crippen molar-refractivity contribution >= 4 is 52.1 Å². The number of carboxylic acids is 1. The van der Waals surface area contributed by atoms with Crippen molar-refractivity contribution in [3.05, 3.63) is 27.3 Å². The Morgan fingerprint density at radius 2 is 1.88 bits per heavy atom. The average Bonchev–Trinajstić information content (AvgIpc) is 2.16. The second-order valence-corrected chi connectivity index (χ2v) is 3.83. The summed E-state index contributed by atoms with van der Waals surface area (Å²) >= 11 is 4.76. The average molecular weight is 413 g/mol. The number of carboxylic acid groups (broad SMARTS) is 1. The number of hydrogen-bond acceptors (Lipinski definition) is 5. The van der Waals surface area contributed by atoms with Gasteiger partial charge >= 0.3 is 32.2 Å². The van der Waals surface area contributed by atoms with Gasteiger partial charge in [0.25, 0.3) is 0 Å². The second kappa shape index (κ2) is 10.2. The van der Waals surface area contributed by atoms with Crippen LogP contribution in [0.1, 0.15) is 11.8 Å². The number of aromatic carboxylic acids is 1. The molecule has 0 fully saturated rings. The topological polar surface area (TPSA) is 107 Å². The smallest absolute Gasteiger partial charge is 1.00 e. The summed E-state index contributed by atoms with van der Waals surface area (Å²) in [5.74, 6) is -0.659. The van der Waals surface area contributed by atoms with Crippen molar-refractivity contribution in [2.45, 2.75) is 0 Å². The van der Waals surface area contributed by atoms with Gasteiger partial charge in [0.05, 0.1) is 3.57 Å². The molecule has 1 aromatic rings. The number of rotatable bonds is 2. The maximum atomic E-state index is 10.6. The van der Waals surface area contributed by atoms with Gasteiger partial charge in [0.1, 0.15) is 5.56 Å². The Morgan fingerprint density at radius 3 is 2.18 bits per heavy atom. The minimum atomic E-state index is -2.17. The van der Waals surface area contributed by atoms with E-state index in [4.69, 9.17) is 24.0 Å². The molecule has 0 bridgehead atoms. The molecule has 10 heteroatoms. The van der Waals surface area contributed by atoms with Crippen molar-refractivity contribution in [3.63, 3.8) is 0 Å². The van der Waals surface area contributed by atoms with E-state index in [2.05, 4.69) is 16.3 Å². The molecule has 0 aliphatic carbocycles. The fourth-order valence-corrected chi connectivity index (χ4v) is 2.02. The van der Waals surface area contributed by atoms with E-state index in [-0.39, 0.29) is 25.9 Å². The molecule has 0 aromatic heterocycles. The van der Waals surface area contributed by atoms with Gasteiger partial charge in [0.15, 0.2) is 22.0 Å². The predicted octanol–water partition coefficient (Wildman–Crippen LogP) is -2.26. The Balaban J connectivity index is -0.000000332. The van der Waals surface area contributed by atoms with Gasteiger partial charge in [-0.15, -0.1) is 0 Å². The molecule has 0 saturated carbocycles. The van der Waals surface area contributed by atoms with Crippen LogP contribution in [0.5, 0.6) is 5.75 Å². The summed E-state index contributed by atoms with van der Waals surface area (Å²) in [5, 5.41) is 30.2. The first kappa shape index (κ1) is 19.6. The first-order valence-electron chi connectivity index (χ1n) is 3.74. The number of para-hydroxylation sites is 1. The summed E-state index contributed by atoms with van der Waals surface area (Å²) in [6.07, 6.45) is 0. The zero-order chi connectivity index (χ0) is 12.7. The van der Waals surface area contributed by atoms with Crippen molar-refractivity contribution in [1.82, 2.24) is 0 Å². The van der Waals surface area contributed by atoms with Crippen LogP contribution in [0.25, 0.3) is 0 Å². The third-order valence-corrected chi connectivity index (χ3v) is 2.45. The van der Waals surface area contributed by atoms with Crippen LogP contribution in [0.4, 0.5) is 0 Å². The van der Waals surface area contributed by atoms with Crippen LogP contribution in [-0.2, 0) is 0 Å². The first-order chi connectivity index (χ1) is 7.40. The maximum absolute atomic E-state index is 10.6. The fraction of sp³-hybridized carbons (Fsp3) is 0. The van der Waals surface area contributed by atoms with Gasteiger partial charge in [-0.1, -0.05) is 6.07 Å². The maximum Gasteiger partial charge on any atom is 1.00 e. The summed E-state index contributed by atoms with van der Waals surface area (Å²) in [6, 6.07) is 4.92. The van der Waals surface area contributed by atoms with E-state index in [0.717, 1.165) is 3.57 Å². The molecule has 0 radical (unpaired) electrons. The monoisotopic (exact) mass is 412 g/mol. The molecule has 1 rings (SSSR count). The van der Waals surface area contributed by atoms with Gasteiger partial charge in [-0.2, -0.15) is 0 Å². The normalized spacial score (nSPS) is 8.29. The third kappa shape index (κ3) is 8.04. The van der Waals surface area contributed by atoms with E-state index in [0.29, 0.717) is 5.75 Å². The van der Waals surface area contributed by atoms with Crippen LogP contribution in [0, 0.1) is 3.57 Å². The van der Waals surface area contributed by atoms with E-state index in [1.165, 1.54) is 6.07 Å². The van der Waals surface area contributed by atoms with E-state index in [9.17, 15) is 4.79 Å². The van der Waals surface area contributed by atoms with E-state index in [1.54, 1.807) is 12.1 Å². The SMILES string of the molecule is O=C(O)c1cccc(I)c1OBr.OB(O)O.[H-].[Li+]. The predicted molar refractivity (Wildman–Crippen MR) is 69.2 cm³/mol. The second-order valence-electron chi connectivity index (χ2n) is 2.35. The Hall–Kier alpha value is 0.242. The molecule has 6 nitrogen and oxygen atoms in total. The van der Waals surface area contributed by atoms with Crippen molar-refractivity contribution in [3.8, 4) is 5.75 Å². The molecule has 0 unspecified atom stereocenters. The van der Waals surface area contributed by atoms with E-state index in [1.807, 2.05) is 22.6 Å². The summed E-state index contributed by atoms with van der Waals surface area (Å²) in [4.78, 5) is 10.6. The van der Waals surface area contributed by atoms with E-state index < -0.39 is 13.3 Å². The van der Waals surface area contributed by atoms with Gasteiger partial charge in [-0.3, -0.25) is 0 Å². The zero-order valence-electron chi connectivity index (χ0n) is 9.67. The van der Waals surface area contributed by atoms with Gasteiger partial charge < -0.3 is 25.4 Å². The molecular weight excluding hydrogens is 405 g/mol. The van der Waals surface area contributed by atoms with Crippen molar-refractivity contribution in [1.29, 1.82) is 0 Å². The Kier molecular flexibility index (Phi) is 11.7. The Morgan fingerprint density at radius 1 is 1.41 bits per heavy atom. The fourth-order valence-electron chi connectivity index (χ4n) is 0.756. The molecule has 4 N–H and O–H groups in total. The molecule has 0 atom stereocenters. The zero-order valence-corrected chi connectivity index (χ0v) is 12.4. The first-order valence-corrected chi connectivity index (χ1v) is 5.47. The number of benzene rings is 1. The molecule has 0 heterocycles. The van der Waals surface area contributed by atoms with Crippen LogP contribution in [0.2, 0.25) is 0 Å². The van der Waals surface area contributed by atoms with Crippen LogP contribution in [-0.4, -0.2) is 33.5 Å². The van der Waals surface area contributed by atoms with Crippen LogP contribution < -0.4 is 22.7 Å². The van der Waals surface area contributed by atoms with E-state index >= 15 is 0 Å². The quantitative estimate of drug-likeness (QED) is 0.323. The van der Waals surface area contributed by atoms with Crippen LogP contribution in [0.3, 0.4) is 0 Å². The number of hydrogen-bond donors (Lipinski definition) is 4. The summed E-state index contributed by atoms with van der Waals surface area (Å²) in [7, 11) is -2.17. The Bertz CT molecular complexity index is 369. The van der Waals surface area contributed by atoms with Gasteiger partial charge in [0.2, 0.25) is 0 Å². The molecule has 0 amide bonds. The molecule has 0 aliphatic rings. The largest absolute Gasteiger partial charge is 1.00 e. The third-order valence-electron chi connectivity index (χ3n) is 1.27. The minimum absolute atomic E-state index is 0. The standard InChI is InChI=1S/C7H4BrIO3.BH3O3.Li.H/c8-12-6-4(7(10)11)2-1-3-5(6)9;2-1(3)4;;/h1-3H,(H,10,11);2-4H;;/q;;+1;-1. The van der Waals surface area contributed by atoms with Crippen LogP contribution in [0.15, 0.2) is 18.2 Å². The molecule has 17 heavy (non-hydrogen) atoms. The Labute approximate surface area is 133 Å². The van der Waals surface area contributed by atoms with Crippen molar-refractivity contribution in [2.24, 2.45) is 0 Å². The number of carbonyl (C=O) groups is 1. The molecule has 90 valence electrons. The molecule has 0 saturated heterocycles. The molecule has 0 spiro atoms. The molecule has 1 aromatic carbocycles. The summed E-state index contributed by atoms with van der Waals surface area (Å²) < 4.78 is 5.52. The van der Waals surface area contributed by atoms with Gasteiger partial charge in [0, 0.05) is 0 Å². The van der Waals surface area contributed by atoms with Crippen molar-refractivity contribution in [2.75, 3.05) is 0 Å². The molecular formula is C7H8BBrILiO6. The minimum Gasteiger partial charge on any atom is -1.00 e. The summed E-state index contributed by atoms with van der Waals surface area (Å²) in [6.45, 7) is 0. The van der Waals surface area contributed by atoms with Gasteiger partial charge in [-0.25, -0.2) is 4.79 Å². The molecule has 0 aliphatic heterocycles. The number of halogens is 2. The summed E-state index contributed by atoms with van der Waals surface area (Å²) in [5.41, 5.74) is 0.152. The van der Waals surface area contributed by atoms with Crippen LogP contribution >= 0.6 is 38.8 Å². The van der Waals surface area contributed by atoms with Gasteiger partial charge in [-0.05, 0) is 34.7 Å². The van der Waals surface area contributed by atoms with Crippen molar-refractivity contribution < 1.29 is 49.1 Å².